The van der Waals surface area contributed by atoms with Crippen molar-refractivity contribution in [1.82, 2.24) is 15.3 Å². The summed E-state index contributed by atoms with van der Waals surface area (Å²) in [6, 6.07) is 10.3. The van der Waals surface area contributed by atoms with Gasteiger partial charge in [0.15, 0.2) is 0 Å². The lowest BCUT2D eigenvalue weighted by Crippen LogP contribution is -2.18. The van der Waals surface area contributed by atoms with Gasteiger partial charge in [0, 0.05) is 25.0 Å². The second kappa shape index (κ2) is 5.89. The maximum absolute atomic E-state index is 4.38. The Bertz CT molecular complexity index is 473. The van der Waals surface area contributed by atoms with Crippen LogP contribution in [0.5, 0.6) is 0 Å². The normalized spacial score (nSPS) is 12.4. The van der Waals surface area contributed by atoms with Crippen LogP contribution >= 0.6 is 15.9 Å². The van der Waals surface area contributed by atoms with Crippen LogP contribution < -0.4 is 5.32 Å². The zero-order valence-corrected chi connectivity index (χ0v) is 11.2. The number of hydrogen-bond acceptors (Lipinski definition) is 3. The molecule has 0 unspecified atom stereocenters. The maximum atomic E-state index is 4.38. The van der Waals surface area contributed by atoms with Crippen LogP contribution in [0.2, 0.25) is 0 Å². The second-order valence-corrected chi connectivity index (χ2v) is 4.65. The minimum atomic E-state index is 0.291. The number of rotatable bonds is 4. The molecule has 0 spiro atoms. The Labute approximate surface area is 109 Å². The van der Waals surface area contributed by atoms with E-state index in [1.54, 1.807) is 0 Å². The van der Waals surface area contributed by atoms with E-state index < -0.39 is 0 Å². The van der Waals surface area contributed by atoms with E-state index in [-0.39, 0.29) is 0 Å². The van der Waals surface area contributed by atoms with Crippen LogP contribution in [0.3, 0.4) is 0 Å². The third-order valence-electron chi connectivity index (χ3n) is 2.57. The summed E-state index contributed by atoms with van der Waals surface area (Å²) >= 11 is 3.37. The molecular weight excluding hydrogens is 278 g/mol. The quantitative estimate of drug-likeness (QED) is 0.880. The molecule has 3 nitrogen and oxygen atoms in total. The van der Waals surface area contributed by atoms with Gasteiger partial charge in [-0.25, -0.2) is 4.98 Å². The molecule has 0 radical (unpaired) electrons. The van der Waals surface area contributed by atoms with Crippen LogP contribution in [0.4, 0.5) is 0 Å². The van der Waals surface area contributed by atoms with E-state index in [0.29, 0.717) is 6.04 Å². The summed E-state index contributed by atoms with van der Waals surface area (Å²) in [6.07, 6.45) is 3.62. The molecule has 2 aromatic heterocycles. The molecule has 0 saturated heterocycles. The fraction of sp³-hybridized carbons (Fsp3) is 0.231. The van der Waals surface area contributed by atoms with E-state index in [2.05, 4.69) is 38.1 Å². The summed E-state index contributed by atoms with van der Waals surface area (Å²) < 4.78 is 0.869. The molecule has 0 aliphatic rings. The van der Waals surface area contributed by atoms with Crippen LogP contribution in [0, 0.1) is 0 Å². The van der Waals surface area contributed by atoms with Crippen LogP contribution in [-0.2, 0) is 6.54 Å². The fourth-order valence-corrected chi connectivity index (χ4v) is 1.96. The zero-order chi connectivity index (χ0) is 12.1. The highest BCUT2D eigenvalue weighted by molar-refractivity contribution is 9.10. The lowest BCUT2D eigenvalue weighted by molar-refractivity contribution is 0.567. The topological polar surface area (TPSA) is 37.8 Å². The highest BCUT2D eigenvalue weighted by Gasteiger charge is 2.04. The minimum Gasteiger partial charge on any atom is -0.305 e. The summed E-state index contributed by atoms with van der Waals surface area (Å²) in [5.74, 6) is 0. The van der Waals surface area contributed by atoms with Gasteiger partial charge in [0.05, 0.1) is 5.69 Å². The van der Waals surface area contributed by atoms with Crippen molar-refractivity contribution in [2.24, 2.45) is 0 Å². The average molecular weight is 292 g/mol. The Hall–Kier alpha value is -1.26. The van der Waals surface area contributed by atoms with Gasteiger partial charge >= 0.3 is 0 Å². The molecule has 1 N–H and O–H groups in total. The molecule has 17 heavy (non-hydrogen) atoms. The molecular formula is C13H14BrN3. The minimum absolute atomic E-state index is 0.291. The first-order chi connectivity index (χ1) is 8.25. The van der Waals surface area contributed by atoms with E-state index in [4.69, 9.17) is 0 Å². The molecule has 2 rings (SSSR count). The summed E-state index contributed by atoms with van der Waals surface area (Å²) in [5, 5.41) is 3.43. The van der Waals surface area contributed by atoms with Crippen molar-refractivity contribution in [3.63, 3.8) is 0 Å². The first kappa shape index (κ1) is 12.2. The summed E-state index contributed by atoms with van der Waals surface area (Å²) in [6.45, 7) is 2.89. The molecule has 0 bridgehead atoms. The molecule has 0 aromatic carbocycles. The van der Waals surface area contributed by atoms with Gasteiger partial charge in [0.25, 0.3) is 0 Å². The fourth-order valence-electron chi connectivity index (χ4n) is 1.58. The highest BCUT2D eigenvalue weighted by atomic mass is 79.9. The highest BCUT2D eigenvalue weighted by Crippen LogP contribution is 2.12. The van der Waals surface area contributed by atoms with Crippen molar-refractivity contribution in [2.75, 3.05) is 0 Å². The van der Waals surface area contributed by atoms with E-state index in [9.17, 15) is 0 Å². The van der Waals surface area contributed by atoms with Gasteiger partial charge in [-0.15, -0.1) is 0 Å². The molecule has 0 aliphatic heterocycles. The Kier molecular flexibility index (Phi) is 4.23. The van der Waals surface area contributed by atoms with Crippen LogP contribution in [0.15, 0.2) is 47.3 Å². The van der Waals surface area contributed by atoms with Gasteiger partial charge in [0.2, 0.25) is 0 Å². The lowest BCUT2D eigenvalue weighted by atomic mass is 10.1. The van der Waals surface area contributed by atoms with E-state index in [1.807, 2.05) is 42.7 Å². The number of hydrogen-bond donors (Lipinski definition) is 1. The third-order valence-corrected chi connectivity index (χ3v) is 3.01. The zero-order valence-electron chi connectivity index (χ0n) is 9.60. The van der Waals surface area contributed by atoms with Crippen molar-refractivity contribution in [1.29, 1.82) is 0 Å². The summed E-state index contributed by atoms with van der Waals surface area (Å²) in [7, 11) is 0. The molecule has 0 fully saturated rings. The molecule has 2 heterocycles. The Morgan fingerprint density at radius 3 is 2.71 bits per heavy atom. The summed E-state index contributed by atoms with van der Waals surface area (Å²) in [5.41, 5.74) is 2.26. The number of halogens is 1. The van der Waals surface area contributed by atoms with Gasteiger partial charge < -0.3 is 5.32 Å². The molecule has 0 aliphatic carbocycles. The van der Waals surface area contributed by atoms with Crippen molar-refractivity contribution in [3.8, 4) is 0 Å². The SMILES string of the molecule is C[C@H](NCc1cccc(Br)n1)c1ccncc1. The van der Waals surface area contributed by atoms with E-state index in [1.165, 1.54) is 5.56 Å². The first-order valence-corrected chi connectivity index (χ1v) is 6.30. The smallest absolute Gasteiger partial charge is 0.106 e. The second-order valence-electron chi connectivity index (χ2n) is 3.83. The Morgan fingerprint density at radius 1 is 1.24 bits per heavy atom. The van der Waals surface area contributed by atoms with Crippen molar-refractivity contribution >= 4 is 15.9 Å². The van der Waals surface area contributed by atoms with Gasteiger partial charge in [-0.2, -0.15) is 0 Å². The van der Waals surface area contributed by atoms with E-state index in [0.717, 1.165) is 16.8 Å². The number of aromatic nitrogens is 2. The lowest BCUT2D eigenvalue weighted by Gasteiger charge is -2.13. The molecule has 0 saturated carbocycles. The predicted molar refractivity (Wildman–Crippen MR) is 71.4 cm³/mol. The monoisotopic (exact) mass is 291 g/mol. The molecule has 2 aromatic rings. The van der Waals surface area contributed by atoms with Gasteiger partial charge in [0.1, 0.15) is 4.60 Å². The largest absolute Gasteiger partial charge is 0.305 e. The van der Waals surface area contributed by atoms with E-state index >= 15 is 0 Å². The Balaban J connectivity index is 1.95. The summed E-state index contributed by atoms with van der Waals surface area (Å²) in [4.78, 5) is 8.39. The molecule has 1 atom stereocenters. The first-order valence-electron chi connectivity index (χ1n) is 5.50. The maximum Gasteiger partial charge on any atom is 0.106 e. The molecule has 88 valence electrons. The van der Waals surface area contributed by atoms with Crippen molar-refractivity contribution < 1.29 is 0 Å². The van der Waals surface area contributed by atoms with Crippen LogP contribution in [0.1, 0.15) is 24.2 Å². The average Bonchev–Trinajstić information content (AvgIpc) is 2.37. The number of nitrogens with one attached hydrogen (secondary N) is 1. The Morgan fingerprint density at radius 2 is 2.00 bits per heavy atom. The van der Waals surface area contributed by atoms with Crippen LogP contribution in [-0.4, -0.2) is 9.97 Å². The molecule has 4 heteroatoms. The van der Waals surface area contributed by atoms with Gasteiger partial charge in [-0.1, -0.05) is 6.07 Å². The third kappa shape index (κ3) is 3.61. The van der Waals surface area contributed by atoms with Crippen LogP contribution in [0.25, 0.3) is 0 Å². The van der Waals surface area contributed by atoms with Gasteiger partial charge in [-0.05, 0) is 52.7 Å². The number of nitrogens with zero attached hydrogens (tertiary/aromatic N) is 2. The number of pyridine rings is 2. The van der Waals surface area contributed by atoms with Crippen molar-refractivity contribution in [3.05, 3.63) is 58.6 Å². The molecule has 0 amide bonds. The van der Waals surface area contributed by atoms with Crippen molar-refractivity contribution in [2.45, 2.75) is 19.5 Å². The standard InChI is InChI=1S/C13H14BrN3/c1-10(11-5-7-15-8-6-11)16-9-12-3-2-4-13(14)17-12/h2-8,10,16H,9H2,1H3/t10-/m0/s1. The predicted octanol–water partition coefficient (Wildman–Crippen LogP) is 3.09. The van der Waals surface area contributed by atoms with Gasteiger partial charge in [-0.3, -0.25) is 4.98 Å².